The van der Waals surface area contributed by atoms with Crippen LogP contribution in [0, 0.1) is 0 Å². The van der Waals surface area contributed by atoms with Crippen molar-refractivity contribution in [2.45, 2.75) is 39.2 Å². The van der Waals surface area contributed by atoms with Crippen LogP contribution in [0.1, 0.15) is 33.1 Å². The summed E-state index contributed by atoms with van der Waals surface area (Å²) >= 11 is 0. The van der Waals surface area contributed by atoms with Crippen molar-refractivity contribution in [2.24, 2.45) is 0 Å². The van der Waals surface area contributed by atoms with Crippen LogP contribution in [0.15, 0.2) is 30.3 Å². The molecule has 1 rings (SSSR count). The van der Waals surface area contributed by atoms with E-state index in [2.05, 4.69) is 19.2 Å². The molecule has 0 saturated heterocycles. The van der Waals surface area contributed by atoms with Crippen LogP contribution in [0.5, 0.6) is 5.75 Å². The van der Waals surface area contributed by atoms with Crippen molar-refractivity contribution in [3.8, 4) is 5.75 Å². The van der Waals surface area contributed by atoms with Gasteiger partial charge in [0.05, 0.1) is 6.10 Å². The summed E-state index contributed by atoms with van der Waals surface area (Å²) < 4.78 is 5.90. The van der Waals surface area contributed by atoms with E-state index in [1.807, 2.05) is 30.3 Å². The number of hydrogen-bond acceptors (Lipinski definition) is 2. The second kappa shape index (κ2) is 8.17. The Morgan fingerprint density at radius 1 is 1.12 bits per heavy atom. The lowest BCUT2D eigenvalue weighted by molar-refractivity contribution is 0.186. The summed E-state index contributed by atoms with van der Waals surface area (Å²) in [6.07, 6.45) is 3.65. The summed E-state index contributed by atoms with van der Waals surface area (Å²) in [6.45, 7) is 6.50. The summed E-state index contributed by atoms with van der Waals surface area (Å²) in [5.74, 6) is 0.977. The van der Waals surface area contributed by atoms with Crippen LogP contribution >= 0.6 is 0 Å². The normalized spacial score (nSPS) is 12.4. The highest BCUT2D eigenvalue weighted by molar-refractivity contribution is 5.21. The van der Waals surface area contributed by atoms with Crippen molar-refractivity contribution >= 4 is 0 Å². The molecule has 0 heterocycles. The van der Waals surface area contributed by atoms with Crippen LogP contribution in [0.3, 0.4) is 0 Å². The van der Waals surface area contributed by atoms with E-state index in [0.717, 1.165) is 31.7 Å². The average Bonchev–Trinajstić information content (AvgIpc) is 2.34. The fourth-order valence-corrected chi connectivity index (χ4v) is 1.60. The van der Waals surface area contributed by atoms with Crippen molar-refractivity contribution in [2.75, 3.05) is 13.1 Å². The third-order valence-electron chi connectivity index (χ3n) is 2.57. The van der Waals surface area contributed by atoms with E-state index in [1.54, 1.807) is 0 Å². The third-order valence-corrected chi connectivity index (χ3v) is 2.57. The zero-order valence-electron chi connectivity index (χ0n) is 10.4. The number of benzene rings is 1. The van der Waals surface area contributed by atoms with Crippen LogP contribution < -0.4 is 10.1 Å². The van der Waals surface area contributed by atoms with Gasteiger partial charge < -0.3 is 10.1 Å². The Bertz CT molecular complexity index is 261. The Balaban J connectivity index is 2.26. The van der Waals surface area contributed by atoms with Gasteiger partial charge in [-0.2, -0.15) is 0 Å². The maximum atomic E-state index is 5.90. The SMILES string of the molecule is CCCNCCC(CC)Oc1ccccc1. The first-order valence-corrected chi connectivity index (χ1v) is 6.29. The largest absolute Gasteiger partial charge is 0.490 e. The maximum absolute atomic E-state index is 5.90. The second-order valence-corrected chi connectivity index (χ2v) is 4.00. The van der Waals surface area contributed by atoms with Crippen molar-refractivity contribution in [1.82, 2.24) is 5.32 Å². The van der Waals surface area contributed by atoms with E-state index in [1.165, 1.54) is 6.42 Å². The third kappa shape index (κ3) is 5.17. The minimum atomic E-state index is 0.326. The standard InChI is InChI=1S/C14H23NO/c1-3-11-15-12-10-13(4-2)16-14-8-6-5-7-9-14/h5-9,13,15H,3-4,10-12H2,1-2H3. The molecular formula is C14H23NO. The lowest BCUT2D eigenvalue weighted by Gasteiger charge is -2.17. The predicted octanol–water partition coefficient (Wildman–Crippen LogP) is 3.23. The smallest absolute Gasteiger partial charge is 0.119 e. The summed E-state index contributed by atoms with van der Waals surface area (Å²) in [5.41, 5.74) is 0. The topological polar surface area (TPSA) is 21.3 Å². The molecule has 0 aliphatic rings. The molecule has 0 radical (unpaired) electrons. The second-order valence-electron chi connectivity index (χ2n) is 4.00. The molecule has 2 nitrogen and oxygen atoms in total. The van der Waals surface area contributed by atoms with Crippen molar-refractivity contribution in [1.29, 1.82) is 0 Å². The first kappa shape index (κ1) is 13.0. The van der Waals surface area contributed by atoms with Gasteiger partial charge in [0.2, 0.25) is 0 Å². The number of ether oxygens (including phenoxy) is 1. The highest BCUT2D eigenvalue weighted by Crippen LogP contribution is 2.13. The van der Waals surface area contributed by atoms with Crippen LogP contribution in [-0.2, 0) is 0 Å². The first-order valence-electron chi connectivity index (χ1n) is 6.29. The Labute approximate surface area is 99.0 Å². The molecule has 1 unspecified atom stereocenters. The van der Waals surface area contributed by atoms with Crippen LogP contribution in [0.2, 0.25) is 0 Å². The Morgan fingerprint density at radius 2 is 1.88 bits per heavy atom. The van der Waals surface area contributed by atoms with Crippen molar-refractivity contribution < 1.29 is 4.74 Å². The van der Waals surface area contributed by atoms with E-state index in [0.29, 0.717) is 6.10 Å². The minimum absolute atomic E-state index is 0.326. The molecule has 1 atom stereocenters. The van der Waals surface area contributed by atoms with Gasteiger partial charge in [-0.25, -0.2) is 0 Å². The lowest BCUT2D eigenvalue weighted by atomic mass is 10.2. The summed E-state index contributed by atoms with van der Waals surface area (Å²) in [4.78, 5) is 0. The molecule has 90 valence electrons. The van der Waals surface area contributed by atoms with Crippen molar-refractivity contribution in [3.63, 3.8) is 0 Å². The number of hydrogen-bond donors (Lipinski definition) is 1. The molecule has 16 heavy (non-hydrogen) atoms. The molecule has 0 bridgehead atoms. The lowest BCUT2D eigenvalue weighted by Crippen LogP contribution is -2.24. The predicted molar refractivity (Wildman–Crippen MR) is 68.9 cm³/mol. The van der Waals surface area contributed by atoms with Gasteiger partial charge in [-0.1, -0.05) is 32.0 Å². The van der Waals surface area contributed by atoms with Crippen molar-refractivity contribution in [3.05, 3.63) is 30.3 Å². The minimum Gasteiger partial charge on any atom is -0.490 e. The van der Waals surface area contributed by atoms with Gasteiger partial charge in [0, 0.05) is 0 Å². The molecule has 2 heteroatoms. The molecule has 0 aromatic heterocycles. The molecule has 1 aromatic rings. The first-order chi connectivity index (χ1) is 7.86. The zero-order chi connectivity index (χ0) is 11.6. The molecule has 0 saturated carbocycles. The molecule has 1 N–H and O–H groups in total. The van der Waals surface area contributed by atoms with Crippen LogP contribution in [0.4, 0.5) is 0 Å². The quantitative estimate of drug-likeness (QED) is 0.680. The van der Waals surface area contributed by atoms with Crippen LogP contribution in [-0.4, -0.2) is 19.2 Å². The Morgan fingerprint density at radius 3 is 2.50 bits per heavy atom. The maximum Gasteiger partial charge on any atom is 0.119 e. The Kier molecular flexibility index (Phi) is 6.66. The fourth-order valence-electron chi connectivity index (χ4n) is 1.60. The number of rotatable bonds is 8. The van der Waals surface area contributed by atoms with E-state index in [4.69, 9.17) is 4.74 Å². The van der Waals surface area contributed by atoms with Gasteiger partial charge in [-0.05, 0) is 44.5 Å². The molecule has 0 amide bonds. The van der Waals surface area contributed by atoms with Gasteiger partial charge in [-0.15, -0.1) is 0 Å². The van der Waals surface area contributed by atoms with Gasteiger partial charge in [0.15, 0.2) is 0 Å². The van der Waals surface area contributed by atoms with E-state index in [-0.39, 0.29) is 0 Å². The van der Waals surface area contributed by atoms with Crippen LogP contribution in [0.25, 0.3) is 0 Å². The molecule has 0 fully saturated rings. The highest BCUT2D eigenvalue weighted by atomic mass is 16.5. The van der Waals surface area contributed by atoms with Gasteiger partial charge >= 0.3 is 0 Å². The monoisotopic (exact) mass is 221 g/mol. The molecule has 1 aromatic carbocycles. The molecule has 0 spiro atoms. The summed E-state index contributed by atoms with van der Waals surface area (Å²) in [7, 11) is 0. The van der Waals surface area contributed by atoms with E-state index < -0.39 is 0 Å². The van der Waals surface area contributed by atoms with E-state index >= 15 is 0 Å². The molecule has 0 aliphatic heterocycles. The average molecular weight is 221 g/mol. The number of para-hydroxylation sites is 1. The zero-order valence-corrected chi connectivity index (χ0v) is 10.4. The van der Waals surface area contributed by atoms with Gasteiger partial charge in [-0.3, -0.25) is 0 Å². The Hall–Kier alpha value is -1.02. The molecular weight excluding hydrogens is 198 g/mol. The number of nitrogens with one attached hydrogen (secondary N) is 1. The van der Waals surface area contributed by atoms with Gasteiger partial charge in [0.25, 0.3) is 0 Å². The summed E-state index contributed by atoms with van der Waals surface area (Å²) in [5, 5.41) is 3.41. The van der Waals surface area contributed by atoms with Gasteiger partial charge in [0.1, 0.15) is 5.75 Å². The molecule has 0 aliphatic carbocycles. The summed E-state index contributed by atoms with van der Waals surface area (Å²) in [6, 6.07) is 10.1. The van der Waals surface area contributed by atoms with E-state index in [9.17, 15) is 0 Å². The highest BCUT2D eigenvalue weighted by Gasteiger charge is 2.06. The fraction of sp³-hybridized carbons (Fsp3) is 0.571.